The van der Waals surface area contributed by atoms with Crippen molar-refractivity contribution < 1.29 is 63.5 Å². The van der Waals surface area contributed by atoms with Gasteiger partial charge in [-0.05, 0) is 6.42 Å². The Kier molecular flexibility index (Phi) is 18.8. The van der Waals surface area contributed by atoms with Gasteiger partial charge in [-0.25, -0.2) is 8.78 Å². The van der Waals surface area contributed by atoms with E-state index >= 15 is 0 Å². The Bertz CT molecular complexity index is 442. The topological polar surface area (TPSA) is 67.4 Å². The Morgan fingerprint density at radius 3 is 2.13 bits per heavy atom. The van der Waals surface area contributed by atoms with Crippen LogP contribution in [0, 0.1) is 59.4 Å². The van der Waals surface area contributed by atoms with Crippen molar-refractivity contribution in [3.8, 4) is 5.75 Å². The summed E-state index contributed by atoms with van der Waals surface area (Å²) in [6, 6.07) is 2.73. The molecule has 5 nitrogen and oxygen atoms in total. The third-order valence-corrected chi connectivity index (χ3v) is 2.39. The normalized spacial score (nSPS) is 14.3. The molecule has 1 fully saturated rings. The number of hydrogen-bond acceptors (Lipinski definition) is 3. The summed E-state index contributed by atoms with van der Waals surface area (Å²) in [5.41, 5.74) is 0. The van der Waals surface area contributed by atoms with E-state index in [0.717, 1.165) is 18.2 Å². The minimum absolute atomic E-state index is 0. The fourth-order valence-electron chi connectivity index (χ4n) is 1.48. The number of amides is 2. The maximum absolute atomic E-state index is 12.3. The minimum Gasteiger partial charge on any atom is -0.497 e. The molecular weight excluding hydrogens is 445 g/mol. The third kappa shape index (κ3) is 11.3. The van der Waals surface area contributed by atoms with Crippen LogP contribution in [0.2, 0.25) is 0 Å². The quantitative estimate of drug-likeness (QED) is 0.528. The summed E-state index contributed by atoms with van der Waals surface area (Å²) < 4.78 is 29.2. The zero-order valence-corrected chi connectivity index (χ0v) is 16.3. The van der Waals surface area contributed by atoms with Gasteiger partial charge in [0.2, 0.25) is 12.3 Å². The zero-order valence-electron chi connectivity index (χ0n) is 13.7. The fourth-order valence-corrected chi connectivity index (χ4v) is 1.48. The van der Waals surface area contributed by atoms with E-state index < -0.39 is 11.6 Å². The van der Waals surface area contributed by atoms with Crippen LogP contribution in [0.1, 0.15) is 20.3 Å². The van der Waals surface area contributed by atoms with Gasteiger partial charge in [0, 0.05) is 65.1 Å². The first kappa shape index (κ1) is 27.0. The van der Waals surface area contributed by atoms with E-state index in [1.807, 2.05) is 13.8 Å². The minimum atomic E-state index is -0.628. The van der Waals surface area contributed by atoms with Crippen molar-refractivity contribution in [2.24, 2.45) is 0 Å². The molecule has 2 N–H and O–H groups in total. The number of methoxy groups -OCH3 is 1. The molecular formula is C15H23F2N2O3Sm-. The van der Waals surface area contributed by atoms with Crippen LogP contribution in [0.3, 0.4) is 0 Å². The summed E-state index contributed by atoms with van der Waals surface area (Å²) >= 11 is 0. The average molecular weight is 468 g/mol. The van der Waals surface area contributed by atoms with Crippen LogP contribution in [0.4, 0.5) is 8.78 Å². The molecule has 1 unspecified atom stereocenters. The maximum atomic E-state index is 12.3. The van der Waals surface area contributed by atoms with Crippen LogP contribution in [0.25, 0.3) is 0 Å². The van der Waals surface area contributed by atoms with Gasteiger partial charge in [0.25, 0.3) is 0 Å². The number of halogens is 2. The molecule has 1 aliphatic heterocycles. The first-order valence-corrected chi connectivity index (χ1v) is 6.54. The van der Waals surface area contributed by atoms with Crippen molar-refractivity contribution in [2.75, 3.05) is 13.7 Å². The number of ether oxygens (including phenoxy) is 1. The van der Waals surface area contributed by atoms with Gasteiger partial charge in [0.15, 0.2) is 0 Å². The Morgan fingerprint density at radius 2 is 1.78 bits per heavy atom. The number of nitrogens with one attached hydrogen (secondary N) is 2. The molecule has 1 heterocycles. The molecule has 1 atom stereocenters. The van der Waals surface area contributed by atoms with Gasteiger partial charge >= 0.3 is 0 Å². The predicted molar refractivity (Wildman–Crippen MR) is 81.3 cm³/mol. The van der Waals surface area contributed by atoms with Crippen LogP contribution >= 0.6 is 0 Å². The number of hydrogen-bond donors (Lipinski definition) is 2. The predicted octanol–water partition coefficient (Wildman–Crippen LogP) is 2.07. The number of carbonyl (C=O) groups excluding carboxylic acids is 2. The summed E-state index contributed by atoms with van der Waals surface area (Å²) in [6.07, 6.45) is 1.26. The summed E-state index contributed by atoms with van der Waals surface area (Å²) in [7, 11) is 1.36. The molecule has 0 aromatic heterocycles. The van der Waals surface area contributed by atoms with Crippen molar-refractivity contribution in [1.82, 2.24) is 10.6 Å². The van der Waals surface area contributed by atoms with Gasteiger partial charge in [-0.2, -0.15) is 0 Å². The second-order valence-corrected chi connectivity index (χ2v) is 3.73. The van der Waals surface area contributed by atoms with E-state index in [1.54, 1.807) is 0 Å². The van der Waals surface area contributed by atoms with E-state index in [2.05, 4.69) is 15.4 Å². The molecule has 0 spiro atoms. The fraction of sp³-hybridized carbons (Fsp3) is 0.400. The standard InChI is InChI=1S/C7H6F2O.C5H8N2O2.C2H6.CH3.Sm/c1-10-7-3-5(8)2-6(9)4-7;8-3-7-4-1-2-6-5(4)9;1-2;;/h2-4H,1H3;3-4H,1-2H2,(H,6,9)(H,7,8);1-2H3;1H3;/q;;;-1;. The van der Waals surface area contributed by atoms with E-state index in [9.17, 15) is 18.4 Å². The Balaban J connectivity index is -0.000000292. The molecule has 2 amide bonds. The van der Waals surface area contributed by atoms with Crippen molar-refractivity contribution >= 4 is 12.3 Å². The van der Waals surface area contributed by atoms with E-state index in [1.165, 1.54) is 7.11 Å². The van der Waals surface area contributed by atoms with E-state index in [-0.39, 0.29) is 65.5 Å². The second-order valence-electron chi connectivity index (χ2n) is 3.73. The van der Waals surface area contributed by atoms with E-state index in [0.29, 0.717) is 19.4 Å². The van der Waals surface area contributed by atoms with Crippen LogP contribution < -0.4 is 15.4 Å². The molecule has 1 aromatic rings. The van der Waals surface area contributed by atoms with Crippen LogP contribution in [-0.4, -0.2) is 32.0 Å². The molecule has 0 radical (unpaired) electrons. The van der Waals surface area contributed by atoms with Gasteiger partial charge in [-0.1, -0.05) is 13.8 Å². The molecule has 23 heavy (non-hydrogen) atoms. The van der Waals surface area contributed by atoms with Crippen molar-refractivity contribution in [2.45, 2.75) is 26.3 Å². The van der Waals surface area contributed by atoms with Crippen molar-refractivity contribution in [3.63, 3.8) is 0 Å². The zero-order chi connectivity index (χ0) is 16.3. The van der Waals surface area contributed by atoms with E-state index in [4.69, 9.17) is 0 Å². The van der Waals surface area contributed by atoms with Crippen molar-refractivity contribution in [3.05, 3.63) is 37.3 Å². The van der Waals surface area contributed by atoms with Gasteiger partial charge < -0.3 is 22.8 Å². The van der Waals surface area contributed by atoms with Crippen LogP contribution in [0.5, 0.6) is 5.75 Å². The molecule has 8 heteroatoms. The second kappa shape index (κ2) is 16.0. The number of benzene rings is 1. The van der Waals surface area contributed by atoms with Gasteiger partial charge in [-0.3, -0.25) is 9.59 Å². The molecule has 0 aliphatic carbocycles. The van der Waals surface area contributed by atoms with Gasteiger partial charge in [-0.15, -0.1) is 0 Å². The monoisotopic (exact) mass is 469 g/mol. The largest absolute Gasteiger partial charge is 0.497 e. The molecule has 132 valence electrons. The smallest absolute Gasteiger partial charge is 0.242 e. The van der Waals surface area contributed by atoms with Crippen molar-refractivity contribution in [1.29, 1.82) is 0 Å². The molecule has 2 rings (SSSR count). The van der Waals surface area contributed by atoms with Crippen LogP contribution in [0.15, 0.2) is 18.2 Å². The SMILES string of the molecule is CC.COc1cc(F)cc(F)c1.O=CNC1CCNC1=O.[CH3-].[Sm]. The summed E-state index contributed by atoms with van der Waals surface area (Å²) in [5, 5.41) is 5.00. The first-order valence-electron chi connectivity index (χ1n) is 6.54. The Morgan fingerprint density at radius 1 is 1.26 bits per heavy atom. The molecule has 1 saturated heterocycles. The Hall–Kier alpha value is -0.842. The molecule has 1 aliphatic rings. The number of rotatable bonds is 3. The molecule has 1 aromatic carbocycles. The Labute approximate surface area is 168 Å². The summed E-state index contributed by atoms with van der Waals surface area (Å²) in [5.74, 6) is -1.15. The summed E-state index contributed by atoms with van der Waals surface area (Å²) in [6.45, 7) is 4.67. The first-order chi connectivity index (χ1) is 10.1. The van der Waals surface area contributed by atoms with Gasteiger partial charge in [0.1, 0.15) is 23.4 Å². The van der Waals surface area contributed by atoms with Gasteiger partial charge in [0.05, 0.1) is 7.11 Å². The molecule has 0 saturated carbocycles. The molecule has 0 bridgehead atoms. The average Bonchev–Trinajstić information content (AvgIpc) is 2.87. The third-order valence-electron chi connectivity index (χ3n) is 2.39. The summed E-state index contributed by atoms with van der Waals surface area (Å²) in [4.78, 5) is 20.4. The number of carbonyl (C=O) groups is 2. The maximum Gasteiger partial charge on any atom is 0.242 e. The van der Waals surface area contributed by atoms with Crippen LogP contribution in [-0.2, 0) is 9.59 Å².